The van der Waals surface area contributed by atoms with Crippen molar-refractivity contribution in [3.63, 3.8) is 0 Å². The number of carbonyl (C=O) groups excluding carboxylic acids is 3. The summed E-state index contributed by atoms with van der Waals surface area (Å²) in [4.78, 5) is 42.7. The van der Waals surface area contributed by atoms with Crippen molar-refractivity contribution in [2.45, 2.75) is 51.6 Å². The quantitative estimate of drug-likeness (QED) is 0.771. The molecule has 2 saturated heterocycles. The molecule has 0 unspecified atom stereocenters. The number of piperidine rings is 1. The molecule has 0 radical (unpaired) electrons. The zero-order valence-electron chi connectivity index (χ0n) is 18.4. The van der Waals surface area contributed by atoms with Gasteiger partial charge in [-0.3, -0.25) is 14.5 Å². The molecule has 1 N–H and O–H groups in total. The normalized spacial score (nSPS) is 23.8. The molecule has 0 aliphatic carbocycles. The number of urea groups is 1. The van der Waals surface area contributed by atoms with Gasteiger partial charge in [0, 0.05) is 12.6 Å². The maximum atomic E-state index is 13.8. The largest absolute Gasteiger partial charge is 0.338 e. The van der Waals surface area contributed by atoms with Crippen LogP contribution in [0.1, 0.15) is 48.4 Å². The molecule has 2 aliphatic rings. The second-order valence-corrected chi connectivity index (χ2v) is 8.67. The molecular formula is C25H29N3O3. The Balaban J connectivity index is 1.72. The van der Waals surface area contributed by atoms with E-state index in [1.54, 1.807) is 4.90 Å². The molecule has 0 spiro atoms. The van der Waals surface area contributed by atoms with Crippen LogP contribution in [0.15, 0.2) is 48.5 Å². The molecule has 6 nitrogen and oxygen atoms in total. The molecule has 6 heteroatoms. The van der Waals surface area contributed by atoms with Gasteiger partial charge in [0.05, 0.1) is 0 Å². The van der Waals surface area contributed by atoms with E-state index >= 15 is 0 Å². The van der Waals surface area contributed by atoms with Crippen molar-refractivity contribution in [1.29, 1.82) is 0 Å². The summed E-state index contributed by atoms with van der Waals surface area (Å²) in [6, 6.07) is 14.6. The predicted octanol–water partition coefficient (Wildman–Crippen LogP) is 3.50. The minimum Gasteiger partial charge on any atom is -0.338 e. The highest BCUT2D eigenvalue weighted by Gasteiger charge is 2.54. The minimum absolute atomic E-state index is 0.126. The molecule has 31 heavy (non-hydrogen) atoms. The Kier molecular flexibility index (Phi) is 5.56. The van der Waals surface area contributed by atoms with Crippen molar-refractivity contribution in [2.75, 3.05) is 13.1 Å². The summed E-state index contributed by atoms with van der Waals surface area (Å²) in [5.41, 5.74) is 2.17. The zero-order chi connectivity index (χ0) is 22.2. The van der Waals surface area contributed by atoms with Gasteiger partial charge in [-0.1, -0.05) is 48.5 Å². The van der Waals surface area contributed by atoms with Gasteiger partial charge in [-0.15, -0.1) is 0 Å². The summed E-state index contributed by atoms with van der Waals surface area (Å²) in [5.74, 6) is -0.593. The first-order valence-corrected chi connectivity index (χ1v) is 10.9. The highest BCUT2D eigenvalue weighted by molar-refractivity contribution is 6.11. The van der Waals surface area contributed by atoms with Crippen LogP contribution in [0.5, 0.6) is 0 Å². The van der Waals surface area contributed by atoms with E-state index in [0.29, 0.717) is 17.7 Å². The van der Waals surface area contributed by atoms with Crippen LogP contribution in [0.4, 0.5) is 4.79 Å². The molecular weight excluding hydrogens is 390 g/mol. The van der Waals surface area contributed by atoms with Crippen LogP contribution >= 0.6 is 0 Å². The molecule has 2 aromatic rings. The van der Waals surface area contributed by atoms with Gasteiger partial charge in [-0.25, -0.2) is 4.79 Å². The molecule has 2 heterocycles. The first-order chi connectivity index (χ1) is 14.8. The molecule has 2 fully saturated rings. The van der Waals surface area contributed by atoms with E-state index in [0.717, 1.165) is 35.3 Å². The lowest BCUT2D eigenvalue weighted by atomic mass is 9.81. The van der Waals surface area contributed by atoms with Gasteiger partial charge in [-0.2, -0.15) is 0 Å². The van der Waals surface area contributed by atoms with Crippen LogP contribution in [0.3, 0.4) is 0 Å². The molecule has 162 valence electrons. The third-order valence-corrected chi connectivity index (χ3v) is 6.67. The first kappa shape index (κ1) is 21.1. The van der Waals surface area contributed by atoms with Crippen LogP contribution in [-0.2, 0) is 15.1 Å². The van der Waals surface area contributed by atoms with Gasteiger partial charge in [0.25, 0.3) is 5.91 Å². The summed E-state index contributed by atoms with van der Waals surface area (Å²) in [6.45, 7) is 6.44. The Morgan fingerprint density at radius 2 is 1.77 bits per heavy atom. The predicted molar refractivity (Wildman–Crippen MR) is 118 cm³/mol. The van der Waals surface area contributed by atoms with Crippen LogP contribution in [0.2, 0.25) is 0 Å². The molecule has 2 atom stereocenters. The average molecular weight is 420 g/mol. The second-order valence-electron chi connectivity index (χ2n) is 8.67. The van der Waals surface area contributed by atoms with Crippen molar-refractivity contribution >= 4 is 17.8 Å². The Morgan fingerprint density at radius 1 is 1.03 bits per heavy atom. The van der Waals surface area contributed by atoms with Crippen molar-refractivity contribution in [2.24, 2.45) is 0 Å². The summed E-state index contributed by atoms with van der Waals surface area (Å²) in [5, 5.41) is 2.93. The number of likely N-dealkylation sites (tertiary alicyclic amines) is 1. The Labute approximate surface area is 183 Å². The number of nitrogens with zero attached hydrogens (tertiary/aromatic N) is 2. The third kappa shape index (κ3) is 3.60. The molecule has 0 aromatic heterocycles. The van der Waals surface area contributed by atoms with Crippen molar-refractivity contribution in [3.05, 3.63) is 70.8 Å². The van der Waals surface area contributed by atoms with E-state index in [9.17, 15) is 14.4 Å². The van der Waals surface area contributed by atoms with E-state index in [-0.39, 0.29) is 18.5 Å². The summed E-state index contributed by atoms with van der Waals surface area (Å²) < 4.78 is 0. The Hall–Kier alpha value is -3.15. The van der Waals surface area contributed by atoms with Crippen molar-refractivity contribution in [3.8, 4) is 0 Å². The van der Waals surface area contributed by atoms with Crippen LogP contribution in [-0.4, -0.2) is 46.8 Å². The summed E-state index contributed by atoms with van der Waals surface area (Å²) >= 11 is 0. The Bertz CT molecular complexity index is 1020. The van der Waals surface area contributed by atoms with E-state index in [1.165, 1.54) is 0 Å². The van der Waals surface area contributed by atoms with Gasteiger partial charge in [0.15, 0.2) is 5.54 Å². The average Bonchev–Trinajstić information content (AvgIpc) is 3.02. The molecule has 2 aliphatic heterocycles. The number of hydrogen-bond donors (Lipinski definition) is 1. The first-order valence-electron chi connectivity index (χ1n) is 10.9. The molecule has 4 rings (SSSR count). The molecule has 0 bridgehead atoms. The number of benzene rings is 2. The summed E-state index contributed by atoms with van der Waals surface area (Å²) in [6.07, 6.45) is 2.99. The second kappa shape index (κ2) is 8.17. The lowest BCUT2D eigenvalue weighted by Gasteiger charge is -2.34. The number of hydrogen-bond acceptors (Lipinski definition) is 3. The SMILES string of the molecule is Cc1ccc([C@]2(c3ccccc3)NC(=O)N(CC(=O)N3CCCC[C@@H]3C)C2=O)cc1C. The monoisotopic (exact) mass is 419 g/mol. The number of imide groups is 1. The highest BCUT2D eigenvalue weighted by atomic mass is 16.2. The van der Waals surface area contributed by atoms with E-state index < -0.39 is 17.5 Å². The number of carbonyl (C=O) groups is 3. The number of rotatable bonds is 4. The van der Waals surface area contributed by atoms with E-state index in [4.69, 9.17) is 0 Å². The molecule has 2 aromatic carbocycles. The number of amides is 4. The lowest BCUT2D eigenvalue weighted by molar-refractivity contribution is -0.140. The van der Waals surface area contributed by atoms with Gasteiger partial charge in [0.1, 0.15) is 6.54 Å². The molecule has 0 saturated carbocycles. The molecule has 4 amide bonds. The summed E-state index contributed by atoms with van der Waals surface area (Å²) in [7, 11) is 0. The lowest BCUT2D eigenvalue weighted by Crippen LogP contribution is -2.49. The third-order valence-electron chi connectivity index (χ3n) is 6.67. The number of nitrogens with one attached hydrogen (secondary N) is 1. The minimum atomic E-state index is -1.34. The Morgan fingerprint density at radius 3 is 2.45 bits per heavy atom. The van der Waals surface area contributed by atoms with Gasteiger partial charge >= 0.3 is 6.03 Å². The highest BCUT2D eigenvalue weighted by Crippen LogP contribution is 2.37. The number of aryl methyl sites for hydroxylation is 2. The van der Waals surface area contributed by atoms with Crippen molar-refractivity contribution < 1.29 is 14.4 Å². The smallest absolute Gasteiger partial charge is 0.326 e. The maximum absolute atomic E-state index is 13.8. The maximum Gasteiger partial charge on any atom is 0.326 e. The topological polar surface area (TPSA) is 69.7 Å². The fourth-order valence-corrected chi connectivity index (χ4v) is 4.64. The standard InChI is InChI=1S/C25H29N3O3/c1-17-12-13-21(15-18(17)2)25(20-10-5-4-6-11-20)23(30)28(24(31)26-25)16-22(29)27-14-8-7-9-19(27)3/h4-6,10-13,15,19H,7-9,14,16H2,1-3H3,(H,26,31)/t19-,25-/m0/s1. The van der Waals surface area contributed by atoms with Crippen LogP contribution in [0, 0.1) is 13.8 Å². The van der Waals surface area contributed by atoms with Gasteiger partial charge in [0.2, 0.25) is 5.91 Å². The van der Waals surface area contributed by atoms with Gasteiger partial charge < -0.3 is 10.2 Å². The van der Waals surface area contributed by atoms with Gasteiger partial charge in [-0.05, 0) is 62.3 Å². The fourth-order valence-electron chi connectivity index (χ4n) is 4.64. The van der Waals surface area contributed by atoms with Crippen LogP contribution < -0.4 is 5.32 Å². The van der Waals surface area contributed by atoms with E-state index in [1.807, 2.05) is 69.3 Å². The van der Waals surface area contributed by atoms with Crippen LogP contribution in [0.25, 0.3) is 0 Å². The fraction of sp³-hybridized carbons (Fsp3) is 0.400. The van der Waals surface area contributed by atoms with Crippen molar-refractivity contribution in [1.82, 2.24) is 15.1 Å². The zero-order valence-corrected chi connectivity index (χ0v) is 18.4. The van der Waals surface area contributed by atoms with E-state index in [2.05, 4.69) is 5.32 Å².